The number of hydrogen-bond donors (Lipinski definition) is 2. The Kier molecular flexibility index (Phi) is 4.05. The Morgan fingerprint density at radius 3 is 2.76 bits per heavy atom. The van der Waals surface area contributed by atoms with Crippen LogP contribution in [0.15, 0.2) is 41.6 Å². The van der Waals surface area contributed by atoms with Crippen molar-refractivity contribution in [3.63, 3.8) is 0 Å². The number of nitrogens with one attached hydrogen (secondary N) is 1. The van der Waals surface area contributed by atoms with Crippen LogP contribution in [0.4, 0.5) is 10.1 Å². The van der Waals surface area contributed by atoms with Gasteiger partial charge in [0, 0.05) is 12.4 Å². The molecule has 3 N–H and O–H groups in total. The molecular weight excluding hydrogens is 299 g/mol. The van der Waals surface area contributed by atoms with Gasteiger partial charge in [-0.25, -0.2) is 17.9 Å². The van der Waals surface area contributed by atoms with Gasteiger partial charge in [-0.05, 0) is 31.2 Å². The van der Waals surface area contributed by atoms with Crippen molar-refractivity contribution >= 4 is 21.6 Å². The van der Waals surface area contributed by atoms with Gasteiger partial charge in [-0.1, -0.05) is 0 Å². The fourth-order valence-corrected chi connectivity index (χ4v) is 2.18. The van der Waals surface area contributed by atoms with Crippen molar-refractivity contribution in [2.45, 2.75) is 17.9 Å². The number of nitrogens with two attached hydrogens (primary N) is 1. The van der Waals surface area contributed by atoms with Gasteiger partial charge in [-0.15, -0.1) is 0 Å². The summed E-state index contributed by atoms with van der Waals surface area (Å²) in [5, 5.41) is 11.2. The molecule has 21 heavy (non-hydrogen) atoms. The lowest BCUT2D eigenvalue weighted by Crippen LogP contribution is -2.24. The van der Waals surface area contributed by atoms with Crippen molar-refractivity contribution in [1.82, 2.24) is 9.78 Å². The van der Waals surface area contributed by atoms with Gasteiger partial charge >= 0.3 is 0 Å². The van der Waals surface area contributed by atoms with Crippen LogP contribution < -0.4 is 10.5 Å². The van der Waals surface area contributed by atoms with Gasteiger partial charge in [-0.2, -0.15) is 5.10 Å². The Balaban J connectivity index is 2.25. The van der Waals surface area contributed by atoms with E-state index in [1.807, 2.05) is 0 Å². The van der Waals surface area contributed by atoms with Gasteiger partial charge < -0.3 is 5.32 Å². The van der Waals surface area contributed by atoms with Crippen molar-refractivity contribution < 1.29 is 17.6 Å². The van der Waals surface area contributed by atoms with Crippen LogP contribution in [0, 0.1) is 5.82 Å². The molecule has 1 heterocycles. The van der Waals surface area contributed by atoms with E-state index < -0.39 is 27.8 Å². The minimum Gasteiger partial charge on any atom is -0.322 e. The summed E-state index contributed by atoms with van der Waals surface area (Å²) in [4.78, 5) is 11.7. The maximum absolute atomic E-state index is 13.7. The highest BCUT2D eigenvalue weighted by molar-refractivity contribution is 7.89. The van der Waals surface area contributed by atoms with E-state index >= 15 is 0 Å². The first-order chi connectivity index (χ1) is 9.79. The zero-order valence-electron chi connectivity index (χ0n) is 11.0. The molecule has 1 atom stereocenters. The molecule has 0 fully saturated rings. The van der Waals surface area contributed by atoms with Crippen LogP contribution in [0.3, 0.4) is 0 Å². The average Bonchev–Trinajstić information content (AvgIpc) is 2.92. The molecule has 0 aliphatic heterocycles. The lowest BCUT2D eigenvalue weighted by molar-refractivity contribution is -0.119. The second-order valence-corrected chi connectivity index (χ2v) is 5.90. The Labute approximate surface area is 120 Å². The Bertz CT molecular complexity index is 759. The van der Waals surface area contributed by atoms with Crippen LogP contribution in [0.5, 0.6) is 0 Å². The summed E-state index contributed by atoms with van der Waals surface area (Å²) >= 11 is 0. The highest BCUT2D eigenvalue weighted by Crippen LogP contribution is 2.20. The molecule has 1 unspecified atom stereocenters. The molecule has 7 nitrogen and oxygen atoms in total. The Morgan fingerprint density at radius 2 is 2.19 bits per heavy atom. The number of primary sulfonamides is 1. The van der Waals surface area contributed by atoms with E-state index in [1.54, 1.807) is 19.2 Å². The summed E-state index contributed by atoms with van der Waals surface area (Å²) in [5.41, 5.74) is -0.259. The van der Waals surface area contributed by atoms with Crippen molar-refractivity contribution in [2.24, 2.45) is 5.14 Å². The van der Waals surface area contributed by atoms with Crippen LogP contribution in [-0.2, 0) is 14.8 Å². The number of carbonyl (C=O) groups excluding carboxylic acids is 1. The normalized spacial score (nSPS) is 12.9. The van der Waals surface area contributed by atoms with Crippen molar-refractivity contribution in [1.29, 1.82) is 0 Å². The predicted octanol–water partition coefficient (Wildman–Crippen LogP) is 0.869. The van der Waals surface area contributed by atoms with E-state index in [4.69, 9.17) is 5.14 Å². The molecule has 9 heteroatoms. The van der Waals surface area contributed by atoms with Gasteiger partial charge in [0.25, 0.3) is 0 Å². The fourth-order valence-electron chi connectivity index (χ4n) is 1.64. The molecule has 112 valence electrons. The summed E-state index contributed by atoms with van der Waals surface area (Å²) in [6.07, 6.45) is 3.09. The minimum atomic E-state index is -3.98. The molecule has 1 aromatic carbocycles. The molecule has 0 aliphatic carbocycles. The third kappa shape index (κ3) is 3.44. The molecule has 1 amide bonds. The number of halogens is 1. The maximum Gasteiger partial charge on any atom is 0.249 e. The van der Waals surface area contributed by atoms with Crippen molar-refractivity contribution in [2.75, 3.05) is 5.32 Å². The van der Waals surface area contributed by atoms with Gasteiger partial charge in [0.1, 0.15) is 11.9 Å². The largest absolute Gasteiger partial charge is 0.322 e. The van der Waals surface area contributed by atoms with E-state index in [0.717, 1.165) is 18.2 Å². The molecule has 0 saturated carbocycles. The van der Waals surface area contributed by atoms with E-state index in [0.29, 0.717) is 0 Å². The van der Waals surface area contributed by atoms with E-state index in [-0.39, 0.29) is 10.6 Å². The first-order valence-electron chi connectivity index (χ1n) is 5.91. The third-order valence-corrected chi connectivity index (χ3v) is 3.74. The van der Waals surface area contributed by atoms with Crippen LogP contribution in [0.1, 0.15) is 13.0 Å². The monoisotopic (exact) mass is 312 g/mol. The molecule has 0 spiro atoms. The van der Waals surface area contributed by atoms with Gasteiger partial charge in [-0.3, -0.25) is 9.48 Å². The summed E-state index contributed by atoms with van der Waals surface area (Å²) in [6.45, 7) is 1.57. The third-order valence-electron chi connectivity index (χ3n) is 2.83. The topological polar surface area (TPSA) is 107 Å². The zero-order chi connectivity index (χ0) is 15.6. The lowest BCUT2D eigenvalue weighted by Gasteiger charge is -2.13. The maximum atomic E-state index is 13.7. The number of amides is 1. The number of anilines is 1. The smallest absolute Gasteiger partial charge is 0.249 e. The van der Waals surface area contributed by atoms with Crippen molar-refractivity contribution in [3.8, 4) is 0 Å². The van der Waals surface area contributed by atoms with Gasteiger partial charge in [0.15, 0.2) is 0 Å². The van der Waals surface area contributed by atoms with Gasteiger partial charge in [0.2, 0.25) is 15.9 Å². The Morgan fingerprint density at radius 1 is 1.48 bits per heavy atom. The summed E-state index contributed by atoms with van der Waals surface area (Å²) in [7, 11) is -3.98. The highest BCUT2D eigenvalue weighted by Gasteiger charge is 2.18. The molecule has 0 radical (unpaired) electrons. The minimum absolute atomic E-state index is 0.259. The summed E-state index contributed by atoms with van der Waals surface area (Å²) < 4.78 is 37.5. The van der Waals surface area contributed by atoms with Crippen molar-refractivity contribution in [3.05, 3.63) is 42.5 Å². The molecule has 0 aliphatic rings. The first-order valence-corrected chi connectivity index (χ1v) is 7.46. The SMILES string of the molecule is CC(C(=O)Nc1cc(S(N)(=O)=O)ccc1F)n1cccn1. The predicted molar refractivity (Wildman–Crippen MR) is 73.3 cm³/mol. The molecule has 1 aromatic heterocycles. The van der Waals surface area contributed by atoms with E-state index in [9.17, 15) is 17.6 Å². The van der Waals surface area contributed by atoms with Crippen LogP contribution in [0.25, 0.3) is 0 Å². The quantitative estimate of drug-likeness (QED) is 0.873. The number of carbonyl (C=O) groups is 1. The number of hydrogen-bond acceptors (Lipinski definition) is 4. The highest BCUT2D eigenvalue weighted by atomic mass is 32.2. The molecule has 2 rings (SSSR count). The number of benzene rings is 1. The van der Waals surface area contributed by atoms with Gasteiger partial charge in [0.05, 0.1) is 10.6 Å². The Hall–Kier alpha value is -2.26. The lowest BCUT2D eigenvalue weighted by atomic mass is 10.2. The molecule has 2 aromatic rings. The summed E-state index contributed by atoms with van der Waals surface area (Å²) in [6, 6.07) is 3.88. The van der Waals surface area contributed by atoms with E-state index in [1.165, 1.54) is 10.9 Å². The summed E-state index contributed by atoms with van der Waals surface area (Å²) in [5.74, 6) is -1.30. The number of rotatable bonds is 4. The van der Waals surface area contributed by atoms with E-state index in [2.05, 4.69) is 10.4 Å². The van der Waals surface area contributed by atoms with Crippen LogP contribution in [-0.4, -0.2) is 24.1 Å². The second kappa shape index (κ2) is 5.62. The van der Waals surface area contributed by atoms with Crippen LogP contribution in [0.2, 0.25) is 0 Å². The molecule has 0 saturated heterocycles. The first kappa shape index (κ1) is 15.1. The number of sulfonamides is 1. The fraction of sp³-hybridized carbons (Fsp3) is 0.167. The zero-order valence-corrected chi connectivity index (χ0v) is 11.8. The average molecular weight is 312 g/mol. The van der Waals surface area contributed by atoms with Crippen LogP contribution >= 0.6 is 0 Å². The molecular formula is C12H13FN4O3S. The second-order valence-electron chi connectivity index (χ2n) is 4.34. The number of nitrogens with zero attached hydrogens (tertiary/aromatic N) is 2. The standard InChI is InChI=1S/C12H13FN4O3S/c1-8(17-6-2-5-15-17)12(18)16-11-7-9(21(14,19)20)3-4-10(11)13/h2-8H,1H3,(H,16,18)(H2,14,19,20). The number of aromatic nitrogens is 2. The molecule has 0 bridgehead atoms.